The third kappa shape index (κ3) is 7.09. The van der Waals surface area contributed by atoms with Gasteiger partial charge in [0.25, 0.3) is 5.91 Å². The van der Waals surface area contributed by atoms with Crippen LogP contribution in [0.5, 0.6) is 5.75 Å². The van der Waals surface area contributed by atoms with Crippen LogP contribution in [0, 0.1) is 11.8 Å². The Balaban J connectivity index is 1.59. The van der Waals surface area contributed by atoms with Gasteiger partial charge in [-0.1, -0.05) is 26.2 Å². The molecule has 8 nitrogen and oxygen atoms in total. The van der Waals surface area contributed by atoms with E-state index in [1.165, 1.54) is 6.42 Å². The lowest BCUT2D eigenvalue weighted by Crippen LogP contribution is -2.46. The van der Waals surface area contributed by atoms with Gasteiger partial charge in [-0.05, 0) is 43.9 Å². The molecule has 0 radical (unpaired) electrons. The number of hydrogen-bond donors (Lipinski definition) is 1. The van der Waals surface area contributed by atoms with Gasteiger partial charge in [0, 0.05) is 56.5 Å². The zero-order valence-corrected chi connectivity index (χ0v) is 23.3. The van der Waals surface area contributed by atoms with E-state index in [1.54, 1.807) is 42.5 Å². The topological polar surface area (TPSA) is 84.0 Å². The standard InChI is InChI=1S/C28H40N4O4S/c1-19-15-32(17-26-29-12-13-37-26)20(2)18-36-24-11-10-22(30-27(33)21-8-6-5-7-9-21)14-23(24)28(34)31(3)16-25(19)35-4/h10-14,19-21,25H,5-9,15-18H2,1-4H3,(H,30,33)/t19-,20+,25-/m1/s1. The molecule has 1 aromatic carbocycles. The fourth-order valence-corrected chi connectivity index (χ4v) is 5.90. The molecular formula is C28H40N4O4S. The number of carbonyl (C=O) groups excluding carboxylic acids is 2. The quantitative estimate of drug-likeness (QED) is 0.607. The molecule has 1 N–H and O–H groups in total. The number of likely N-dealkylation sites (N-methyl/N-ethyl adjacent to an activating group) is 1. The minimum absolute atomic E-state index is 0.0363. The van der Waals surface area contributed by atoms with E-state index in [9.17, 15) is 9.59 Å². The van der Waals surface area contributed by atoms with Gasteiger partial charge in [-0.25, -0.2) is 4.98 Å². The summed E-state index contributed by atoms with van der Waals surface area (Å²) in [4.78, 5) is 35.0. The molecule has 1 fully saturated rings. The Bertz CT molecular complexity index is 1040. The fourth-order valence-electron chi connectivity index (χ4n) is 5.26. The summed E-state index contributed by atoms with van der Waals surface area (Å²) < 4.78 is 12.1. The third-order valence-corrected chi connectivity index (χ3v) is 8.40. The van der Waals surface area contributed by atoms with E-state index in [2.05, 4.69) is 29.0 Å². The molecule has 0 bridgehead atoms. The summed E-state index contributed by atoms with van der Waals surface area (Å²) in [7, 11) is 3.50. The first-order chi connectivity index (χ1) is 17.9. The summed E-state index contributed by atoms with van der Waals surface area (Å²) in [6.45, 7) is 6.70. The molecule has 4 rings (SSSR count). The largest absolute Gasteiger partial charge is 0.491 e. The SMILES string of the molecule is CO[C@@H]1CN(C)C(=O)c2cc(NC(=O)C3CCCCC3)ccc2OC[C@H](C)N(Cc2nccs2)C[C@H]1C. The van der Waals surface area contributed by atoms with Gasteiger partial charge in [0.2, 0.25) is 5.91 Å². The van der Waals surface area contributed by atoms with Crippen molar-refractivity contribution in [3.8, 4) is 5.75 Å². The molecule has 2 aliphatic rings. The van der Waals surface area contributed by atoms with Crippen LogP contribution in [-0.4, -0.2) is 72.6 Å². The second kappa shape index (κ2) is 12.8. The van der Waals surface area contributed by atoms with E-state index in [-0.39, 0.29) is 35.8 Å². The van der Waals surface area contributed by atoms with E-state index in [4.69, 9.17) is 9.47 Å². The molecular weight excluding hydrogens is 488 g/mol. The molecule has 202 valence electrons. The van der Waals surface area contributed by atoms with E-state index in [0.717, 1.165) is 43.8 Å². The van der Waals surface area contributed by atoms with Crippen molar-refractivity contribution < 1.29 is 19.1 Å². The lowest BCUT2D eigenvalue weighted by molar-refractivity contribution is -0.120. The molecule has 1 aliphatic carbocycles. The Kier molecular flexibility index (Phi) is 9.56. The predicted octanol–water partition coefficient (Wildman–Crippen LogP) is 4.67. The molecule has 3 atom stereocenters. The van der Waals surface area contributed by atoms with Crippen LogP contribution in [-0.2, 0) is 16.1 Å². The minimum Gasteiger partial charge on any atom is -0.491 e. The highest BCUT2D eigenvalue weighted by Crippen LogP contribution is 2.29. The first-order valence-electron chi connectivity index (χ1n) is 13.3. The number of ether oxygens (including phenoxy) is 2. The van der Waals surface area contributed by atoms with Gasteiger partial charge in [0.15, 0.2) is 0 Å². The molecule has 37 heavy (non-hydrogen) atoms. The smallest absolute Gasteiger partial charge is 0.257 e. The lowest BCUT2D eigenvalue weighted by atomic mass is 9.88. The van der Waals surface area contributed by atoms with Crippen molar-refractivity contribution in [2.75, 3.05) is 39.2 Å². The monoisotopic (exact) mass is 528 g/mol. The van der Waals surface area contributed by atoms with Crippen LogP contribution in [0.3, 0.4) is 0 Å². The van der Waals surface area contributed by atoms with Gasteiger partial charge in [-0.3, -0.25) is 14.5 Å². The summed E-state index contributed by atoms with van der Waals surface area (Å²) in [6, 6.07) is 5.48. The van der Waals surface area contributed by atoms with Gasteiger partial charge >= 0.3 is 0 Å². The van der Waals surface area contributed by atoms with Crippen molar-refractivity contribution in [3.63, 3.8) is 0 Å². The number of thiazole rings is 1. The van der Waals surface area contributed by atoms with Crippen LogP contribution in [0.4, 0.5) is 5.69 Å². The number of nitrogens with zero attached hydrogens (tertiary/aromatic N) is 3. The Morgan fingerprint density at radius 1 is 1.22 bits per heavy atom. The molecule has 2 amide bonds. The van der Waals surface area contributed by atoms with Crippen molar-refractivity contribution >= 4 is 28.8 Å². The Hall–Kier alpha value is -2.49. The first kappa shape index (κ1) is 27.5. The maximum absolute atomic E-state index is 13.6. The second-order valence-corrected chi connectivity index (χ2v) is 11.5. The van der Waals surface area contributed by atoms with Gasteiger partial charge in [0.05, 0.1) is 18.2 Å². The van der Waals surface area contributed by atoms with Gasteiger partial charge in [-0.2, -0.15) is 0 Å². The van der Waals surface area contributed by atoms with Crippen molar-refractivity contribution in [3.05, 3.63) is 40.3 Å². The minimum atomic E-state index is -0.147. The number of hydrogen-bond acceptors (Lipinski definition) is 7. The van der Waals surface area contributed by atoms with Crippen molar-refractivity contribution in [2.45, 2.75) is 64.6 Å². The van der Waals surface area contributed by atoms with Crippen LogP contribution in [0.15, 0.2) is 29.8 Å². The average molecular weight is 529 g/mol. The van der Waals surface area contributed by atoms with Crippen LogP contribution in [0.25, 0.3) is 0 Å². The number of benzene rings is 1. The van der Waals surface area contributed by atoms with Crippen LogP contribution >= 0.6 is 11.3 Å². The molecule has 9 heteroatoms. The fraction of sp³-hybridized carbons (Fsp3) is 0.607. The molecule has 0 saturated heterocycles. The third-order valence-electron chi connectivity index (χ3n) is 7.64. The number of carbonyl (C=O) groups is 2. The Labute approximate surface area is 224 Å². The molecule has 0 unspecified atom stereocenters. The Morgan fingerprint density at radius 2 is 2.00 bits per heavy atom. The van der Waals surface area contributed by atoms with Gasteiger partial charge in [-0.15, -0.1) is 11.3 Å². The number of nitrogens with one attached hydrogen (secondary N) is 1. The number of aromatic nitrogens is 1. The molecule has 1 aliphatic heterocycles. The van der Waals surface area contributed by atoms with Gasteiger partial charge in [0.1, 0.15) is 17.4 Å². The molecule has 0 spiro atoms. The number of amides is 2. The van der Waals surface area contributed by atoms with E-state index < -0.39 is 0 Å². The number of methoxy groups -OCH3 is 1. The van der Waals surface area contributed by atoms with E-state index >= 15 is 0 Å². The zero-order chi connectivity index (χ0) is 26.4. The van der Waals surface area contributed by atoms with Crippen LogP contribution < -0.4 is 10.1 Å². The summed E-state index contributed by atoms with van der Waals surface area (Å²) in [6.07, 6.45) is 6.94. The Morgan fingerprint density at radius 3 is 2.70 bits per heavy atom. The average Bonchev–Trinajstić information content (AvgIpc) is 3.42. The highest BCUT2D eigenvalue weighted by molar-refractivity contribution is 7.09. The predicted molar refractivity (Wildman–Crippen MR) is 146 cm³/mol. The van der Waals surface area contributed by atoms with Crippen molar-refractivity contribution in [1.29, 1.82) is 0 Å². The summed E-state index contributed by atoms with van der Waals surface area (Å²) in [5, 5.41) is 6.10. The summed E-state index contributed by atoms with van der Waals surface area (Å²) in [5.74, 6) is 0.636. The van der Waals surface area contributed by atoms with Crippen LogP contribution in [0.2, 0.25) is 0 Å². The maximum atomic E-state index is 13.6. The van der Waals surface area contributed by atoms with Crippen molar-refractivity contribution in [1.82, 2.24) is 14.8 Å². The lowest BCUT2D eigenvalue weighted by Gasteiger charge is -2.35. The molecule has 2 heterocycles. The normalized spacial score (nSPS) is 24.5. The number of fused-ring (bicyclic) bond motifs is 1. The zero-order valence-electron chi connectivity index (χ0n) is 22.4. The number of anilines is 1. The van der Waals surface area contributed by atoms with E-state index in [0.29, 0.717) is 30.2 Å². The maximum Gasteiger partial charge on any atom is 0.257 e. The summed E-state index contributed by atoms with van der Waals surface area (Å²) in [5.41, 5.74) is 1.08. The molecule has 2 aromatic rings. The highest BCUT2D eigenvalue weighted by Gasteiger charge is 2.29. The molecule has 1 saturated carbocycles. The first-order valence-corrected chi connectivity index (χ1v) is 14.2. The van der Waals surface area contributed by atoms with Crippen molar-refractivity contribution in [2.24, 2.45) is 11.8 Å². The van der Waals surface area contributed by atoms with Gasteiger partial charge < -0.3 is 19.7 Å². The number of rotatable bonds is 5. The van der Waals surface area contributed by atoms with Crippen LogP contribution in [0.1, 0.15) is 61.3 Å². The summed E-state index contributed by atoms with van der Waals surface area (Å²) >= 11 is 1.65. The molecule has 1 aromatic heterocycles. The van der Waals surface area contributed by atoms with E-state index in [1.807, 2.05) is 17.6 Å². The highest BCUT2D eigenvalue weighted by atomic mass is 32.1. The second-order valence-electron chi connectivity index (χ2n) is 10.5.